The van der Waals surface area contributed by atoms with Crippen LogP contribution >= 0.6 is 0 Å². The molecule has 0 fully saturated rings. The summed E-state index contributed by atoms with van der Waals surface area (Å²) in [5.74, 6) is -0.388. The van der Waals surface area contributed by atoms with Crippen molar-refractivity contribution in [1.29, 1.82) is 0 Å². The third-order valence-electron chi connectivity index (χ3n) is 4.49. The van der Waals surface area contributed by atoms with Crippen molar-refractivity contribution in [3.05, 3.63) is 54.6 Å². The Hall–Kier alpha value is -3.33. The van der Waals surface area contributed by atoms with Crippen molar-refractivity contribution in [2.75, 3.05) is 27.3 Å². The van der Waals surface area contributed by atoms with Crippen LogP contribution in [0.5, 0.6) is 5.75 Å². The fourth-order valence-corrected chi connectivity index (χ4v) is 2.73. The van der Waals surface area contributed by atoms with Crippen LogP contribution in [-0.2, 0) is 30.3 Å². The molecule has 0 saturated carbocycles. The highest BCUT2D eigenvalue weighted by atomic mass is 16.5. The number of nitrogens with zero attached hydrogens (tertiary/aromatic N) is 1. The van der Waals surface area contributed by atoms with Crippen molar-refractivity contribution in [2.45, 2.75) is 25.4 Å². The summed E-state index contributed by atoms with van der Waals surface area (Å²) in [6.07, 6.45) is 5.83. The number of hydrogen-bond acceptors (Lipinski definition) is 7. The Balaban J connectivity index is 1.88. The molecular formula is C21H27N3O6. The second kappa shape index (κ2) is 11.6. The Morgan fingerprint density at radius 1 is 1.17 bits per heavy atom. The number of nitrogens with one attached hydrogen (secondary N) is 2. The summed E-state index contributed by atoms with van der Waals surface area (Å²) in [5, 5.41) is 5.76. The van der Waals surface area contributed by atoms with E-state index in [1.54, 1.807) is 26.2 Å². The van der Waals surface area contributed by atoms with Gasteiger partial charge in [-0.25, -0.2) is 4.79 Å². The Labute approximate surface area is 175 Å². The zero-order valence-corrected chi connectivity index (χ0v) is 17.3. The fourth-order valence-electron chi connectivity index (χ4n) is 2.73. The molecule has 0 radical (unpaired) electrons. The number of hydrogen-bond donors (Lipinski definition) is 2. The first-order chi connectivity index (χ1) is 14.4. The first-order valence-corrected chi connectivity index (χ1v) is 9.48. The highest BCUT2D eigenvalue weighted by Crippen LogP contribution is 2.13. The van der Waals surface area contributed by atoms with Crippen molar-refractivity contribution in [3.63, 3.8) is 0 Å². The van der Waals surface area contributed by atoms with Crippen LogP contribution in [0.2, 0.25) is 0 Å². The maximum atomic E-state index is 12.5. The number of carbonyl (C=O) groups is 3. The molecule has 2 rings (SSSR count). The van der Waals surface area contributed by atoms with Gasteiger partial charge in [-0.3, -0.25) is 9.59 Å². The molecule has 0 unspecified atom stereocenters. The molecule has 2 atom stereocenters. The summed E-state index contributed by atoms with van der Waals surface area (Å²) >= 11 is 0. The van der Waals surface area contributed by atoms with Crippen LogP contribution in [0, 0.1) is 0 Å². The molecule has 0 aliphatic carbocycles. The fraction of sp³-hybridized carbons (Fsp3) is 0.381. The third-order valence-corrected chi connectivity index (χ3v) is 4.49. The molecule has 0 spiro atoms. The molecule has 9 nitrogen and oxygen atoms in total. The molecule has 0 aromatic heterocycles. The number of rotatable bonds is 10. The van der Waals surface area contributed by atoms with E-state index in [4.69, 9.17) is 14.2 Å². The highest BCUT2D eigenvalue weighted by molar-refractivity contribution is 5.88. The molecule has 1 aromatic carbocycles. The predicted molar refractivity (Wildman–Crippen MR) is 109 cm³/mol. The lowest BCUT2D eigenvalue weighted by atomic mass is 10.1. The van der Waals surface area contributed by atoms with Gasteiger partial charge in [0.05, 0.1) is 26.5 Å². The van der Waals surface area contributed by atoms with Crippen LogP contribution in [0.3, 0.4) is 0 Å². The van der Waals surface area contributed by atoms with Crippen LogP contribution in [0.4, 0.5) is 0 Å². The molecule has 1 aromatic rings. The van der Waals surface area contributed by atoms with E-state index >= 15 is 0 Å². The summed E-state index contributed by atoms with van der Waals surface area (Å²) in [6, 6.07) is 5.82. The average molecular weight is 417 g/mol. The van der Waals surface area contributed by atoms with Gasteiger partial charge in [0.1, 0.15) is 18.1 Å². The van der Waals surface area contributed by atoms with Crippen LogP contribution in [0.1, 0.15) is 12.5 Å². The molecule has 1 aliphatic rings. The standard InChI is InChI=1S/C21H27N3O6/c1-15(22-9-10-24-11-13-30-12-8-19(24)25)20(26)23-18(21(27)29-3)14-16-4-6-17(28-2)7-5-16/h4-8,11-13,15,18,22H,9-10,14H2,1-3H3,(H,23,26)/t15-,18-/m0/s1. The summed E-state index contributed by atoms with van der Waals surface area (Å²) in [4.78, 5) is 38.0. The van der Waals surface area contributed by atoms with Gasteiger partial charge in [0.25, 0.3) is 5.91 Å². The van der Waals surface area contributed by atoms with Gasteiger partial charge in [-0.05, 0) is 24.6 Å². The zero-order chi connectivity index (χ0) is 21.9. The molecule has 1 aliphatic heterocycles. The van der Waals surface area contributed by atoms with E-state index in [0.29, 0.717) is 18.8 Å². The van der Waals surface area contributed by atoms with E-state index < -0.39 is 18.1 Å². The van der Waals surface area contributed by atoms with Gasteiger partial charge in [-0.15, -0.1) is 0 Å². The van der Waals surface area contributed by atoms with Gasteiger partial charge in [0, 0.05) is 31.8 Å². The molecule has 1 heterocycles. The molecular weight excluding hydrogens is 390 g/mol. The molecule has 0 bridgehead atoms. The van der Waals surface area contributed by atoms with Crippen LogP contribution in [-0.4, -0.2) is 62.1 Å². The Morgan fingerprint density at radius 2 is 1.90 bits per heavy atom. The average Bonchev–Trinajstić information content (AvgIpc) is 2.97. The first-order valence-electron chi connectivity index (χ1n) is 9.48. The lowest BCUT2D eigenvalue weighted by Crippen LogP contribution is -2.51. The minimum atomic E-state index is -0.822. The lowest BCUT2D eigenvalue weighted by Gasteiger charge is -2.21. The van der Waals surface area contributed by atoms with E-state index in [-0.39, 0.29) is 18.2 Å². The SMILES string of the molecule is COC(=O)[C@H](Cc1ccc(OC)cc1)NC(=O)[C@H](C)NCCN1C=COC=CC1=O. The van der Waals surface area contributed by atoms with Crippen LogP contribution in [0.15, 0.2) is 49.1 Å². The molecule has 2 N–H and O–H groups in total. The van der Waals surface area contributed by atoms with Gasteiger partial charge in [-0.1, -0.05) is 12.1 Å². The minimum absolute atomic E-state index is 0.215. The Morgan fingerprint density at radius 3 is 2.57 bits per heavy atom. The van der Waals surface area contributed by atoms with Gasteiger partial charge in [-0.2, -0.15) is 0 Å². The predicted octanol–water partition coefficient (Wildman–Crippen LogP) is 0.717. The smallest absolute Gasteiger partial charge is 0.328 e. The minimum Gasteiger partial charge on any atom is -0.497 e. The van der Waals surface area contributed by atoms with Crippen molar-refractivity contribution >= 4 is 17.8 Å². The van der Waals surface area contributed by atoms with Crippen molar-refractivity contribution in [1.82, 2.24) is 15.5 Å². The van der Waals surface area contributed by atoms with E-state index in [2.05, 4.69) is 10.6 Å². The maximum absolute atomic E-state index is 12.5. The first kappa shape index (κ1) is 23.0. The normalized spacial score (nSPS) is 15.0. The van der Waals surface area contributed by atoms with E-state index in [9.17, 15) is 14.4 Å². The molecule has 30 heavy (non-hydrogen) atoms. The topological polar surface area (TPSA) is 106 Å². The summed E-state index contributed by atoms with van der Waals surface area (Å²) in [5.41, 5.74) is 0.855. The Bertz CT molecular complexity index is 790. The number of ether oxygens (including phenoxy) is 3. The highest BCUT2D eigenvalue weighted by Gasteiger charge is 2.24. The lowest BCUT2D eigenvalue weighted by molar-refractivity contribution is -0.145. The molecule has 162 valence electrons. The molecule has 2 amide bonds. The second-order valence-electron chi connectivity index (χ2n) is 6.57. The number of benzene rings is 1. The van der Waals surface area contributed by atoms with E-state index in [1.165, 1.54) is 36.8 Å². The van der Waals surface area contributed by atoms with Crippen LogP contribution in [0.25, 0.3) is 0 Å². The molecule has 0 saturated heterocycles. The van der Waals surface area contributed by atoms with Crippen molar-refractivity contribution in [3.8, 4) is 5.75 Å². The van der Waals surface area contributed by atoms with E-state index in [0.717, 1.165) is 5.56 Å². The van der Waals surface area contributed by atoms with Crippen molar-refractivity contribution < 1.29 is 28.6 Å². The van der Waals surface area contributed by atoms with Gasteiger partial charge >= 0.3 is 5.97 Å². The monoisotopic (exact) mass is 417 g/mol. The third kappa shape index (κ3) is 6.93. The number of methoxy groups -OCH3 is 2. The van der Waals surface area contributed by atoms with Crippen LogP contribution < -0.4 is 15.4 Å². The number of carbonyl (C=O) groups excluding carboxylic acids is 3. The largest absolute Gasteiger partial charge is 0.497 e. The Kier molecular flexibility index (Phi) is 8.89. The summed E-state index contributed by atoms with van der Waals surface area (Å²) in [7, 11) is 2.85. The van der Waals surface area contributed by atoms with E-state index in [1.807, 2.05) is 12.1 Å². The number of amides is 2. The van der Waals surface area contributed by atoms with Gasteiger partial charge in [0.2, 0.25) is 5.91 Å². The summed E-state index contributed by atoms with van der Waals surface area (Å²) in [6.45, 7) is 2.41. The van der Waals surface area contributed by atoms with Crippen molar-refractivity contribution in [2.24, 2.45) is 0 Å². The zero-order valence-electron chi connectivity index (χ0n) is 17.3. The summed E-state index contributed by atoms with van der Waals surface area (Å²) < 4.78 is 14.9. The maximum Gasteiger partial charge on any atom is 0.328 e. The second-order valence-corrected chi connectivity index (χ2v) is 6.57. The molecule has 9 heteroatoms. The van der Waals surface area contributed by atoms with Gasteiger partial charge < -0.3 is 29.7 Å². The van der Waals surface area contributed by atoms with Gasteiger partial charge in [0.15, 0.2) is 0 Å². The number of esters is 1. The quantitative estimate of drug-likeness (QED) is 0.540.